The highest BCUT2D eigenvalue weighted by atomic mass is 32.2. The first-order chi connectivity index (χ1) is 9.81. The lowest BCUT2D eigenvalue weighted by Gasteiger charge is -2.25. The Balaban J connectivity index is 1.63. The van der Waals surface area contributed by atoms with Crippen LogP contribution in [-0.2, 0) is 0 Å². The van der Waals surface area contributed by atoms with Gasteiger partial charge in [0.1, 0.15) is 5.69 Å². The van der Waals surface area contributed by atoms with Gasteiger partial charge >= 0.3 is 0 Å². The van der Waals surface area contributed by atoms with Crippen molar-refractivity contribution >= 4 is 23.3 Å². The zero-order valence-electron chi connectivity index (χ0n) is 11.2. The summed E-state index contributed by atoms with van der Waals surface area (Å²) in [5, 5.41) is 4.44. The molecule has 1 saturated carbocycles. The Bertz CT molecular complexity index is 658. The van der Waals surface area contributed by atoms with Gasteiger partial charge in [-0.2, -0.15) is 16.9 Å². The second-order valence-corrected chi connectivity index (χ2v) is 6.59. The van der Waals surface area contributed by atoms with Crippen molar-refractivity contribution in [3.05, 3.63) is 29.7 Å². The summed E-state index contributed by atoms with van der Waals surface area (Å²) in [4.78, 5) is 18.9. The van der Waals surface area contributed by atoms with Gasteiger partial charge in [-0.25, -0.2) is 9.50 Å². The average Bonchev–Trinajstić information content (AvgIpc) is 3.26. The van der Waals surface area contributed by atoms with Crippen LogP contribution in [-0.4, -0.2) is 50.0 Å². The Kier molecular flexibility index (Phi) is 2.91. The largest absolute Gasteiger partial charge is 0.336 e. The second kappa shape index (κ2) is 4.77. The van der Waals surface area contributed by atoms with E-state index in [0.717, 1.165) is 35.9 Å². The molecule has 0 unspecified atom stereocenters. The highest BCUT2D eigenvalue weighted by molar-refractivity contribution is 7.99. The van der Waals surface area contributed by atoms with Crippen molar-refractivity contribution in [2.24, 2.45) is 0 Å². The summed E-state index contributed by atoms with van der Waals surface area (Å²) in [6, 6.07) is 3.69. The summed E-state index contributed by atoms with van der Waals surface area (Å²) >= 11 is 1.90. The maximum Gasteiger partial charge on any atom is 0.274 e. The van der Waals surface area contributed by atoms with Crippen LogP contribution in [0.3, 0.4) is 0 Å². The molecular formula is C14H16N4OS. The third-order valence-corrected chi connectivity index (χ3v) is 4.79. The van der Waals surface area contributed by atoms with Gasteiger partial charge in [0.25, 0.3) is 5.91 Å². The van der Waals surface area contributed by atoms with Crippen molar-refractivity contribution in [3.63, 3.8) is 0 Å². The first kappa shape index (κ1) is 12.2. The molecule has 0 radical (unpaired) electrons. The molecule has 0 aromatic carbocycles. The topological polar surface area (TPSA) is 50.5 Å². The van der Waals surface area contributed by atoms with E-state index in [0.29, 0.717) is 11.6 Å². The zero-order valence-corrected chi connectivity index (χ0v) is 12.0. The van der Waals surface area contributed by atoms with E-state index >= 15 is 0 Å². The van der Waals surface area contributed by atoms with Crippen LogP contribution in [0.2, 0.25) is 0 Å². The Morgan fingerprint density at radius 2 is 2.05 bits per heavy atom. The predicted octanol–water partition coefficient (Wildman–Crippen LogP) is 1.80. The number of aromatic nitrogens is 3. The van der Waals surface area contributed by atoms with E-state index in [2.05, 4.69) is 10.1 Å². The number of rotatable bonds is 2. The van der Waals surface area contributed by atoms with Crippen molar-refractivity contribution < 1.29 is 4.79 Å². The molecule has 3 heterocycles. The zero-order chi connectivity index (χ0) is 13.5. The minimum atomic E-state index is 0.0360. The molecule has 0 atom stereocenters. The van der Waals surface area contributed by atoms with E-state index in [1.165, 1.54) is 12.8 Å². The van der Waals surface area contributed by atoms with Crippen LogP contribution in [0.5, 0.6) is 0 Å². The number of carbonyl (C=O) groups is 1. The first-order valence-corrected chi connectivity index (χ1v) is 8.20. The predicted molar refractivity (Wildman–Crippen MR) is 78.2 cm³/mol. The Hall–Kier alpha value is -1.56. The third-order valence-electron chi connectivity index (χ3n) is 3.85. The van der Waals surface area contributed by atoms with Crippen molar-refractivity contribution in [1.29, 1.82) is 0 Å². The molecule has 6 heteroatoms. The van der Waals surface area contributed by atoms with Crippen LogP contribution >= 0.6 is 11.8 Å². The fourth-order valence-electron chi connectivity index (χ4n) is 2.52. The molecule has 2 aromatic heterocycles. The standard InChI is InChI=1S/C14H16N4OS/c19-14(17-5-7-20-8-6-17)11-3-4-13-15-12(10-1-2-10)9-18(13)16-11/h3-4,9-10H,1-2,5-8H2. The van der Waals surface area contributed by atoms with Crippen LogP contribution in [0.15, 0.2) is 18.3 Å². The number of hydrogen-bond donors (Lipinski definition) is 0. The average molecular weight is 288 g/mol. The number of thioether (sulfide) groups is 1. The molecule has 0 N–H and O–H groups in total. The lowest BCUT2D eigenvalue weighted by Crippen LogP contribution is -2.38. The van der Waals surface area contributed by atoms with Crippen LogP contribution in [0.25, 0.3) is 5.65 Å². The molecule has 20 heavy (non-hydrogen) atoms. The van der Waals surface area contributed by atoms with Gasteiger partial charge in [0, 0.05) is 30.5 Å². The first-order valence-electron chi connectivity index (χ1n) is 7.04. The molecular weight excluding hydrogens is 272 g/mol. The summed E-state index contributed by atoms with van der Waals surface area (Å²) in [7, 11) is 0. The molecule has 0 bridgehead atoms. The molecule has 1 aliphatic heterocycles. The highest BCUT2D eigenvalue weighted by Gasteiger charge is 2.27. The monoisotopic (exact) mass is 288 g/mol. The molecule has 1 amide bonds. The van der Waals surface area contributed by atoms with Crippen LogP contribution in [0, 0.1) is 0 Å². The fourth-order valence-corrected chi connectivity index (χ4v) is 3.42. The SMILES string of the molecule is O=C(c1ccc2nc(C3CC3)cn2n1)N1CCSCC1. The highest BCUT2D eigenvalue weighted by Crippen LogP contribution is 2.39. The Labute approximate surface area is 121 Å². The van der Waals surface area contributed by atoms with Crippen LogP contribution in [0.1, 0.15) is 34.9 Å². The van der Waals surface area contributed by atoms with Crippen molar-refractivity contribution in [2.75, 3.05) is 24.6 Å². The van der Waals surface area contributed by atoms with E-state index in [1.807, 2.05) is 28.9 Å². The van der Waals surface area contributed by atoms with Gasteiger partial charge in [-0.15, -0.1) is 0 Å². The van der Waals surface area contributed by atoms with E-state index < -0.39 is 0 Å². The number of nitrogens with zero attached hydrogens (tertiary/aromatic N) is 4. The lowest BCUT2D eigenvalue weighted by atomic mass is 10.3. The number of fused-ring (bicyclic) bond motifs is 1. The van der Waals surface area contributed by atoms with Gasteiger partial charge in [0.15, 0.2) is 5.65 Å². The maximum atomic E-state index is 12.4. The van der Waals surface area contributed by atoms with Crippen LogP contribution in [0.4, 0.5) is 0 Å². The molecule has 2 aliphatic rings. The molecule has 1 saturated heterocycles. The Morgan fingerprint density at radius 3 is 2.80 bits per heavy atom. The van der Waals surface area contributed by atoms with E-state index in [1.54, 1.807) is 10.6 Å². The van der Waals surface area contributed by atoms with Crippen molar-refractivity contribution in [1.82, 2.24) is 19.5 Å². The molecule has 5 nitrogen and oxygen atoms in total. The minimum absolute atomic E-state index is 0.0360. The second-order valence-electron chi connectivity index (χ2n) is 5.37. The van der Waals surface area contributed by atoms with Crippen LogP contribution < -0.4 is 0 Å². The third kappa shape index (κ3) is 2.18. The van der Waals surface area contributed by atoms with E-state index in [9.17, 15) is 4.79 Å². The number of hydrogen-bond acceptors (Lipinski definition) is 4. The normalized spacial score (nSPS) is 19.5. The van der Waals surface area contributed by atoms with Gasteiger partial charge in [0.05, 0.1) is 11.9 Å². The summed E-state index contributed by atoms with van der Waals surface area (Å²) in [6.45, 7) is 1.64. The molecule has 2 fully saturated rings. The van der Waals surface area contributed by atoms with E-state index in [4.69, 9.17) is 0 Å². The summed E-state index contributed by atoms with van der Waals surface area (Å²) in [6.07, 6.45) is 4.41. The van der Waals surface area contributed by atoms with Crippen molar-refractivity contribution in [3.8, 4) is 0 Å². The molecule has 0 spiro atoms. The summed E-state index contributed by atoms with van der Waals surface area (Å²) in [5.41, 5.74) is 2.46. The quantitative estimate of drug-likeness (QED) is 0.845. The maximum absolute atomic E-state index is 12.4. The van der Waals surface area contributed by atoms with Gasteiger partial charge in [0.2, 0.25) is 0 Å². The smallest absolute Gasteiger partial charge is 0.274 e. The molecule has 104 valence electrons. The van der Waals surface area contributed by atoms with Crippen molar-refractivity contribution in [2.45, 2.75) is 18.8 Å². The molecule has 4 rings (SSSR count). The van der Waals surface area contributed by atoms with Gasteiger partial charge in [-0.05, 0) is 25.0 Å². The molecule has 1 aliphatic carbocycles. The van der Waals surface area contributed by atoms with E-state index in [-0.39, 0.29) is 5.91 Å². The summed E-state index contributed by atoms with van der Waals surface area (Å²) in [5.74, 6) is 2.68. The van der Waals surface area contributed by atoms with Gasteiger partial charge < -0.3 is 4.90 Å². The minimum Gasteiger partial charge on any atom is -0.336 e. The summed E-state index contributed by atoms with van der Waals surface area (Å²) < 4.78 is 1.75. The number of imidazole rings is 1. The fraction of sp³-hybridized carbons (Fsp3) is 0.500. The molecule has 2 aromatic rings. The Morgan fingerprint density at radius 1 is 1.25 bits per heavy atom. The lowest BCUT2D eigenvalue weighted by molar-refractivity contribution is 0.0765. The number of amides is 1. The number of carbonyl (C=O) groups excluding carboxylic acids is 1. The van der Waals surface area contributed by atoms with Gasteiger partial charge in [-0.3, -0.25) is 4.79 Å². The van der Waals surface area contributed by atoms with Gasteiger partial charge in [-0.1, -0.05) is 0 Å².